The second kappa shape index (κ2) is 11.4. The Hall–Kier alpha value is -3.35. The molecule has 2 aliphatic rings. The van der Waals surface area contributed by atoms with Gasteiger partial charge in [-0.15, -0.1) is 0 Å². The zero-order chi connectivity index (χ0) is 24.8. The highest BCUT2D eigenvalue weighted by atomic mass is 16.5. The zero-order valence-electron chi connectivity index (χ0n) is 20.2. The number of hydrogen-bond donors (Lipinski definition) is 3. The lowest BCUT2D eigenvalue weighted by atomic mass is 9.98. The summed E-state index contributed by atoms with van der Waals surface area (Å²) in [5.74, 6) is -1.32. The molecule has 2 amide bonds. The van der Waals surface area contributed by atoms with E-state index in [2.05, 4.69) is 34.9 Å². The molecule has 3 unspecified atom stereocenters. The molecule has 0 heterocycles. The second-order valence-electron chi connectivity index (χ2n) is 9.57. The minimum absolute atomic E-state index is 0.00521. The van der Waals surface area contributed by atoms with Crippen molar-refractivity contribution in [3.05, 3.63) is 59.7 Å². The van der Waals surface area contributed by atoms with Crippen molar-refractivity contribution < 1.29 is 24.2 Å². The Labute approximate surface area is 206 Å². The molecule has 0 bridgehead atoms. The van der Waals surface area contributed by atoms with Gasteiger partial charge in [-0.25, -0.2) is 9.59 Å². The molecule has 1 fully saturated rings. The molecule has 2 aromatic carbocycles. The third kappa shape index (κ3) is 5.84. The van der Waals surface area contributed by atoms with E-state index in [0.717, 1.165) is 43.2 Å². The van der Waals surface area contributed by atoms with E-state index in [9.17, 15) is 19.5 Å². The molecule has 0 aliphatic heterocycles. The molecule has 0 spiro atoms. The normalized spacial score (nSPS) is 19.5. The lowest BCUT2D eigenvalue weighted by Crippen LogP contribution is -2.44. The maximum atomic E-state index is 12.7. The van der Waals surface area contributed by atoms with Crippen molar-refractivity contribution >= 4 is 18.0 Å². The first-order valence-corrected chi connectivity index (χ1v) is 12.6. The molecule has 3 N–H and O–H groups in total. The summed E-state index contributed by atoms with van der Waals surface area (Å²) in [7, 11) is 0. The Kier molecular flexibility index (Phi) is 8.06. The minimum atomic E-state index is -1.01. The van der Waals surface area contributed by atoms with Gasteiger partial charge in [-0.1, -0.05) is 74.7 Å². The Balaban J connectivity index is 1.30. The van der Waals surface area contributed by atoms with Crippen molar-refractivity contribution in [1.82, 2.24) is 10.6 Å². The lowest BCUT2D eigenvalue weighted by Gasteiger charge is -2.22. The number of ether oxygens (including phenoxy) is 1. The fraction of sp³-hybridized carbons (Fsp3) is 0.464. The first-order chi connectivity index (χ1) is 17.0. The van der Waals surface area contributed by atoms with E-state index >= 15 is 0 Å². The molecule has 2 aromatic rings. The van der Waals surface area contributed by atoms with Crippen LogP contribution in [-0.4, -0.2) is 41.8 Å². The van der Waals surface area contributed by atoms with Gasteiger partial charge >= 0.3 is 12.1 Å². The van der Waals surface area contributed by atoms with E-state index < -0.39 is 18.1 Å². The average molecular weight is 479 g/mol. The summed E-state index contributed by atoms with van der Waals surface area (Å²) in [4.78, 5) is 36.6. The van der Waals surface area contributed by atoms with Gasteiger partial charge in [0.2, 0.25) is 5.91 Å². The van der Waals surface area contributed by atoms with Crippen molar-refractivity contribution in [2.24, 2.45) is 5.92 Å². The SMILES string of the molecule is CCCCC(NC(=O)CC1CCCC1NC(=O)OCC1c2ccccc2-c2ccccc21)C(=O)O. The van der Waals surface area contributed by atoms with E-state index in [0.29, 0.717) is 6.42 Å². The second-order valence-corrected chi connectivity index (χ2v) is 9.57. The number of unbranched alkanes of at least 4 members (excludes halogenated alkanes) is 1. The van der Waals surface area contributed by atoms with Gasteiger partial charge in [0.1, 0.15) is 12.6 Å². The third-order valence-electron chi connectivity index (χ3n) is 7.23. The number of carbonyl (C=O) groups is 3. The first kappa shape index (κ1) is 24.8. The van der Waals surface area contributed by atoms with Crippen LogP contribution in [0.25, 0.3) is 11.1 Å². The van der Waals surface area contributed by atoms with E-state index in [-0.39, 0.29) is 36.8 Å². The Morgan fingerprint density at radius 2 is 1.69 bits per heavy atom. The van der Waals surface area contributed by atoms with Crippen molar-refractivity contribution in [2.45, 2.75) is 69.9 Å². The number of carboxylic acids is 1. The molecular formula is C28H34N2O5. The molecule has 4 rings (SSSR count). The molecule has 1 saturated carbocycles. The molecule has 7 nitrogen and oxygen atoms in total. The number of fused-ring (bicyclic) bond motifs is 3. The van der Waals surface area contributed by atoms with Crippen molar-refractivity contribution in [2.75, 3.05) is 6.61 Å². The molecule has 186 valence electrons. The van der Waals surface area contributed by atoms with Gasteiger partial charge in [-0.05, 0) is 47.4 Å². The maximum absolute atomic E-state index is 12.7. The number of rotatable bonds is 10. The highest BCUT2D eigenvalue weighted by molar-refractivity contribution is 5.83. The summed E-state index contributed by atoms with van der Waals surface area (Å²) >= 11 is 0. The van der Waals surface area contributed by atoms with E-state index in [1.807, 2.05) is 31.2 Å². The smallest absolute Gasteiger partial charge is 0.407 e. The van der Waals surface area contributed by atoms with Gasteiger partial charge in [0, 0.05) is 18.4 Å². The van der Waals surface area contributed by atoms with E-state index in [4.69, 9.17) is 4.74 Å². The van der Waals surface area contributed by atoms with Crippen LogP contribution in [0.4, 0.5) is 4.79 Å². The van der Waals surface area contributed by atoms with Gasteiger partial charge < -0.3 is 20.5 Å². The number of carbonyl (C=O) groups excluding carboxylic acids is 2. The predicted molar refractivity (Wildman–Crippen MR) is 133 cm³/mol. The van der Waals surface area contributed by atoms with E-state index in [1.165, 1.54) is 11.1 Å². The van der Waals surface area contributed by atoms with Gasteiger partial charge in [-0.3, -0.25) is 4.79 Å². The molecule has 35 heavy (non-hydrogen) atoms. The third-order valence-corrected chi connectivity index (χ3v) is 7.23. The number of amides is 2. The average Bonchev–Trinajstić information content (AvgIpc) is 3.42. The lowest BCUT2D eigenvalue weighted by molar-refractivity contribution is -0.142. The molecule has 0 saturated heterocycles. The molecule has 2 aliphatic carbocycles. The van der Waals surface area contributed by atoms with Crippen molar-refractivity contribution in [1.29, 1.82) is 0 Å². The van der Waals surface area contributed by atoms with Crippen LogP contribution in [0, 0.1) is 5.92 Å². The standard InChI is InChI=1S/C28H34N2O5/c1-2-3-14-25(27(32)33)29-26(31)16-18-9-8-15-24(18)30-28(34)35-17-23-21-12-6-4-10-19(21)20-11-5-7-13-22(20)23/h4-7,10-13,18,23-25H,2-3,8-9,14-17H2,1H3,(H,29,31)(H,30,34)(H,32,33). The number of alkyl carbamates (subject to hydrolysis) is 1. The maximum Gasteiger partial charge on any atom is 0.407 e. The van der Waals surface area contributed by atoms with Crippen LogP contribution in [0.2, 0.25) is 0 Å². The van der Waals surface area contributed by atoms with Crippen LogP contribution in [-0.2, 0) is 14.3 Å². The Morgan fingerprint density at radius 1 is 1.03 bits per heavy atom. The molecular weight excluding hydrogens is 444 g/mol. The van der Waals surface area contributed by atoms with Crippen LogP contribution >= 0.6 is 0 Å². The van der Waals surface area contributed by atoms with Gasteiger partial charge in [0.25, 0.3) is 0 Å². The highest BCUT2D eigenvalue weighted by Crippen LogP contribution is 2.44. The summed E-state index contributed by atoms with van der Waals surface area (Å²) in [6.45, 7) is 2.23. The van der Waals surface area contributed by atoms with Gasteiger partial charge in [0.15, 0.2) is 0 Å². The summed E-state index contributed by atoms with van der Waals surface area (Å²) in [5, 5.41) is 15.0. The van der Waals surface area contributed by atoms with Crippen LogP contribution in [0.1, 0.15) is 68.9 Å². The number of nitrogens with one attached hydrogen (secondary N) is 2. The van der Waals surface area contributed by atoms with Gasteiger partial charge in [0.05, 0.1) is 0 Å². The number of carboxylic acid groups (broad SMARTS) is 1. The number of aliphatic carboxylic acids is 1. The molecule has 7 heteroatoms. The topological polar surface area (TPSA) is 105 Å². The fourth-order valence-corrected chi connectivity index (χ4v) is 5.42. The molecule has 0 radical (unpaired) electrons. The molecule has 3 atom stereocenters. The van der Waals surface area contributed by atoms with Crippen LogP contribution in [0.15, 0.2) is 48.5 Å². The highest BCUT2D eigenvalue weighted by Gasteiger charge is 2.33. The number of benzene rings is 2. The zero-order valence-corrected chi connectivity index (χ0v) is 20.2. The predicted octanol–water partition coefficient (Wildman–Crippen LogP) is 4.84. The van der Waals surface area contributed by atoms with Crippen LogP contribution in [0.5, 0.6) is 0 Å². The van der Waals surface area contributed by atoms with Crippen molar-refractivity contribution in [3.63, 3.8) is 0 Å². The van der Waals surface area contributed by atoms with Crippen LogP contribution in [0.3, 0.4) is 0 Å². The summed E-state index contributed by atoms with van der Waals surface area (Å²) in [5.41, 5.74) is 4.68. The minimum Gasteiger partial charge on any atom is -0.480 e. The molecule has 0 aromatic heterocycles. The summed E-state index contributed by atoms with van der Waals surface area (Å²) in [6.07, 6.45) is 4.25. The van der Waals surface area contributed by atoms with E-state index in [1.54, 1.807) is 0 Å². The van der Waals surface area contributed by atoms with Crippen molar-refractivity contribution in [3.8, 4) is 11.1 Å². The first-order valence-electron chi connectivity index (χ1n) is 12.6. The fourth-order valence-electron chi connectivity index (χ4n) is 5.42. The monoisotopic (exact) mass is 478 g/mol. The number of hydrogen-bond acceptors (Lipinski definition) is 4. The Morgan fingerprint density at radius 3 is 2.31 bits per heavy atom. The van der Waals surface area contributed by atoms with Crippen LogP contribution < -0.4 is 10.6 Å². The summed E-state index contributed by atoms with van der Waals surface area (Å²) < 4.78 is 5.67. The largest absolute Gasteiger partial charge is 0.480 e. The van der Waals surface area contributed by atoms with Gasteiger partial charge in [-0.2, -0.15) is 0 Å². The quantitative estimate of drug-likeness (QED) is 0.453. The Bertz CT molecular complexity index is 1020. The summed E-state index contributed by atoms with van der Waals surface area (Å²) in [6, 6.07) is 15.4.